The standard InChI is InChI=1S/C26H32FN3O4/c1-33-16-17-34-25-5-3-2-4-24(25)29-12-14-30(15-13-29)26(32)23-18-28(19-31)11-10-22(23)20-6-8-21(27)9-7-20/h2-9,19,22-23H,10-18H2,1H3. The molecule has 0 saturated carbocycles. The zero-order valence-electron chi connectivity index (χ0n) is 19.6. The molecule has 0 spiro atoms. The van der Waals surface area contributed by atoms with Crippen LogP contribution in [0.5, 0.6) is 5.75 Å². The quantitative estimate of drug-likeness (QED) is 0.440. The Morgan fingerprint density at radius 2 is 1.76 bits per heavy atom. The predicted octanol–water partition coefficient (Wildman–Crippen LogP) is 2.76. The van der Waals surface area contributed by atoms with Crippen LogP contribution >= 0.6 is 0 Å². The van der Waals surface area contributed by atoms with E-state index in [0.717, 1.165) is 23.4 Å². The zero-order valence-corrected chi connectivity index (χ0v) is 19.6. The number of halogens is 1. The van der Waals surface area contributed by atoms with Gasteiger partial charge in [0.2, 0.25) is 12.3 Å². The summed E-state index contributed by atoms with van der Waals surface area (Å²) in [6.07, 6.45) is 1.51. The molecule has 2 amide bonds. The van der Waals surface area contributed by atoms with Crippen molar-refractivity contribution < 1.29 is 23.5 Å². The summed E-state index contributed by atoms with van der Waals surface area (Å²) in [5.74, 6) is 0.215. The number of anilines is 1. The third kappa shape index (κ3) is 5.50. The van der Waals surface area contributed by atoms with E-state index in [9.17, 15) is 14.0 Å². The number of carbonyl (C=O) groups excluding carboxylic acids is 2. The van der Waals surface area contributed by atoms with E-state index in [1.807, 2.05) is 29.2 Å². The van der Waals surface area contributed by atoms with Crippen LogP contribution in [0.15, 0.2) is 48.5 Å². The van der Waals surface area contributed by atoms with Crippen molar-refractivity contribution in [1.82, 2.24) is 9.80 Å². The van der Waals surface area contributed by atoms with E-state index in [1.165, 1.54) is 12.1 Å². The highest BCUT2D eigenvalue weighted by Crippen LogP contribution is 2.35. The van der Waals surface area contributed by atoms with Gasteiger partial charge >= 0.3 is 0 Å². The van der Waals surface area contributed by atoms with Gasteiger partial charge in [0.05, 0.1) is 18.2 Å². The summed E-state index contributed by atoms with van der Waals surface area (Å²) < 4.78 is 24.4. The van der Waals surface area contributed by atoms with Crippen molar-refractivity contribution in [1.29, 1.82) is 0 Å². The molecule has 0 bridgehead atoms. The molecule has 0 aliphatic carbocycles. The molecule has 182 valence electrons. The number of carbonyl (C=O) groups is 2. The van der Waals surface area contributed by atoms with Crippen molar-refractivity contribution >= 4 is 18.0 Å². The van der Waals surface area contributed by atoms with E-state index < -0.39 is 0 Å². The lowest BCUT2D eigenvalue weighted by Gasteiger charge is -2.42. The van der Waals surface area contributed by atoms with Crippen molar-refractivity contribution in [2.45, 2.75) is 12.3 Å². The normalized spacial score (nSPS) is 20.8. The van der Waals surface area contributed by atoms with E-state index in [1.54, 1.807) is 24.1 Å². The second-order valence-electron chi connectivity index (χ2n) is 8.77. The Kier molecular flexibility index (Phi) is 8.00. The first kappa shape index (κ1) is 24.0. The van der Waals surface area contributed by atoms with Gasteiger partial charge in [0, 0.05) is 46.4 Å². The molecule has 34 heavy (non-hydrogen) atoms. The predicted molar refractivity (Wildman–Crippen MR) is 127 cm³/mol. The van der Waals surface area contributed by atoms with Gasteiger partial charge in [-0.1, -0.05) is 24.3 Å². The van der Waals surface area contributed by atoms with Crippen LogP contribution in [0.4, 0.5) is 10.1 Å². The number of benzene rings is 2. The summed E-state index contributed by atoms with van der Waals surface area (Å²) >= 11 is 0. The SMILES string of the molecule is COCCOc1ccccc1N1CCN(C(=O)C2CN(C=O)CCC2c2ccc(F)cc2)CC1. The number of para-hydroxylation sites is 2. The maximum atomic E-state index is 13.6. The number of hydrogen-bond donors (Lipinski definition) is 0. The van der Waals surface area contributed by atoms with Crippen LogP contribution in [-0.2, 0) is 14.3 Å². The Bertz CT molecular complexity index is 963. The number of nitrogens with zero attached hydrogens (tertiary/aromatic N) is 3. The number of likely N-dealkylation sites (tertiary alicyclic amines) is 1. The molecule has 0 N–H and O–H groups in total. The maximum Gasteiger partial charge on any atom is 0.228 e. The molecule has 2 fully saturated rings. The van der Waals surface area contributed by atoms with Gasteiger partial charge in [0.25, 0.3) is 0 Å². The summed E-state index contributed by atoms with van der Waals surface area (Å²) in [6, 6.07) is 14.3. The molecule has 0 aromatic heterocycles. The molecule has 7 nitrogen and oxygen atoms in total. The lowest BCUT2D eigenvalue weighted by molar-refractivity contribution is -0.139. The van der Waals surface area contributed by atoms with Crippen LogP contribution in [-0.4, -0.2) is 81.7 Å². The van der Waals surface area contributed by atoms with Gasteiger partial charge in [-0.05, 0) is 42.2 Å². The van der Waals surface area contributed by atoms with Crippen LogP contribution in [0.1, 0.15) is 17.9 Å². The average molecular weight is 470 g/mol. The Balaban J connectivity index is 1.43. The molecule has 2 heterocycles. The Hall–Kier alpha value is -3.13. The van der Waals surface area contributed by atoms with Gasteiger partial charge in [-0.15, -0.1) is 0 Å². The topological polar surface area (TPSA) is 62.3 Å². The highest BCUT2D eigenvalue weighted by molar-refractivity contribution is 5.81. The minimum absolute atomic E-state index is 0.0303. The second kappa shape index (κ2) is 11.3. The highest BCUT2D eigenvalue weighted by Gasteiger charge is 2.38. The molecular weight excluding hydrogens is 437 g/mol. The van der Waals surface area contributed by atoms with Gasteiger partial charge in [-0.3, -0.25) is 9.59 Å². The summed E-state index contributed by atoms with van der Waals surface area (Å²) in [5, 5.41) is 0. The van der Waals surface area contributed by atoms with Crippen molar-refractivity contribution in [3.05, 3.63) is 59.9 Å². The lowest BCUT2D eigenvalue weighted by atomic mass is 9.79. The van der Waals surface area contributed by atoms with Gasteiger partial charge < -0.3 is 24.2 Å². The molecule has 4 rings (SSSR count). The van der Waals surface area contributed by atoms with Gasteiger partial charge in [-0.25, -0.2) is 4.39 Å². The molecule has 2 atom stereocenters. The summed E-state index contributed by atoms with van der Waals surface area (Å²) in [6.45, 7) is 4.57. The first-order valence-corrected chi connectivity index (χ1v) is 11.8. The number of hydrogen-bond acceptors (Lipinski definition) is 5. The van der Waals surface area contributed by atoms with Gasteiger partial charge in [0.15, 0.2) is 0 Å². The third-order valence-corrected chi connectivity index (χ3v) is 6.75. The van der Waals surface area contributed by atoms with Crippen LogP contribution in [0, 0.1) is 11.7 Å². The Morgan fingerprint density at radius 1 is 1.03 bits per heavy atom. The van der Waals surface area contributed by atoms with E-state index in [-0.39, 0.29) is 23.6 Å². The van der Waals surface area contributed by atoms with Crippen LogP contribution < -0.4 is 9.64 Å². The van der Waals surface area contributed by atoms with Crippen LogP contribution in [0.2, 0.25) is 0 Å². The number of rotatable bonds is 8. The molecule has 0 radical (unpaired) electrons. The summed E-state index contributed by atoms with van der Waals surface area (Å²) in [5.41, 5.74) is 1.96. The molecule has 8 heteroatoms. The number of piperidine rings is 1. The third-order valence-electron chi connectivity index (χ3n) is 6.75. The second-order valence-corrected chi connectivity index (χ2v) is 8.77. The van der Waals surface area contributed by atoms with E-state index in [4.69, 9.17) is 9.47 Å². The molecular formula is C26H32FN3O4. The summed E-state index contributed by atoms with van der Waals surface area (Å²) in [4.78, 5) is 30.9. The monoisotopic (exact) mass is 469 g/mol. The minimum Gasteiger partial charge on any atom is -0.489 e. The van der Waals surface area contributed by atoms with Crippen LogP contribution in [0.25, 0.3) is 0 Å². The smallest absolute Gasteiger partial charge is 0.228 e. The highest BCUT2D eigenvalue weighted by atomic mass is 19.1. The van der Waals surface area contributed by atoms with E-state index in [0.29, 0.717) is 58.9 Å². The molecule has 2 saturated heterocycles. The van der Waals surface area contributed by atoms with Crippen molar-refractivity contribution in [2.75, 3.05) is 64.5 Å². The Morgan fingerprint density at radius 3 is 2.47 bits per heavy atom. The number of methoxy groups -OCH3 is 1. The first-order valence-electron chi connectivity index (χ1n) is 11.8. The number of amides is 2. The Labute approximate surface area is 200 Å². The van der Waals surface area contributed by atoms with Crippen molar-refractivity contribution in [2.24, 2.45) is 5.92 Å². The van der Waals surface area contributed by atoms with Crippen LogP contribution in [0.3, 0.4) is 0 Å². The maximum absolute atomic E-state index is 13.6. The average Bonchev–Trinajstić information content (AvgIpc) is 2.89. The fourth-order valence-electron chi connectivity index (χ4n) is 4.91. The van der Waals surface area contributed by atoms with Gasteiger partial charge in [-0.2, -0.15) is 0 Å². The largest absolute Gasteiger partial charge is 0.489 e. The summed E-state index contributed by atoms with van der Waals surface area (Å²) in [7, 11) is 1.65. The number of piperazine rings is 1. The molecule has 2 unspecified atom stereocenters. The van der Waals surface area contributed by atoms with E-state index in [2.05, 4.69) is 4.90 Å². The molecule has 2 aliphatic rings. The molecule has 2 aromatic rings. The van der Waals surface area contributed by atoms with Crippen molar-refractivity contribution in [3.8, 4) is 5.75 Å². The molecule has 2 aromatic carbocycles. The van der Waals surface area contributed by atoms with Crippen molar-refractivity contribution in [3.63, 3.8) is 0 Å². The molecule has 2 aliphatic heterocycles. The fourth-order valence-corrected chi connectivity index (χ4v) is 4.91. The lowest BCUT2D eigenvalue weighted by Crippen LogP contribution is -2.54. The zero-order chi connectivity index (χ0) is 23.9. The minimum atomic E-state index is -0.333. The van der Waals surface area contributed by atoms with E-state index >= 15 is 0 Å². The number of ether oxygens (including phenoxy) is 2. The van der Waals surface area contributed by atoms with Gasteiger partial charge in [0.1, 0.15) is 18.2 Å². The fraction of sp³-hybridized carbons (Fsp3) is 0.462. The first-order chi connectivity index (χ1) is 16.6.